The first-order valence-corrected chi connectivity index (χ1v) is 2.96. The van der Waals surface area contributed by atoms with Gasteiger partial charge in [-0.05, 0) is 25.7 Å². The molecule has 0 aromatic rings. The number of carbonyl (C=O) groups excluding carboxylic acids is 1. The molecule has 0 heterocycles. The molecule has 0 aromatic carbocycles. The van der Waals surface area contributed by atoms with Gasteiger partial charge in [0.1, 0.15) is 6.10 Å². The van der Waals surface area contributed by atoms with Crippen LogP contribution < -0.4 is 0 Å². The highest BCUT2D eigenvalue weighted by atomic mass is 16.5. The van der Waals surface area contributed by atoms with Gasteiger partial charge in [-0.1, -0.05) is 0 Å². The maximum absolute atomic E-state index is 9.61. The van der Waals surface area contributed by atoms with Crippen LogP contribution in [0.2, 0.25) is 0 Å². The summed E-state index contributed by atoms with van der Waals surface area (Å²) in [5.41, 5.74) is 0. The summed E-state index contributed by atoms with van der Waals surface area (Å²) in [5.74, 6) is 0. The third-order valence-corrected chi connectivity index (χ3v) is 1.52. The van der Waals surface area contributed by atoms with Gasteiger partial charge in [0.15, 0.2) is 0 Å². The van der Waals surface area contributed by atoms with E-state index in [0.29, 0.717) is 0 Å². The highest BCUT2D eigenvalue weighted by molar-refractivity contribution is 5.38. The highest BCUT2D eigenvalue weighted by Crippen LogP contribution is 2.19. The third kappa shape index (κ3) is 1.22. The van der Waals surface area contributed by atoms with Gasteiger partial charge in [-0.25, -0.2) is 4.79 Å². The van der Waals surface area contributed by atoms with E-state index in [0.717, 1.165) is 12.8 Å². The largest absolute Gasteiger partial charge is 0.454 e. The molecule has 0 aliphatic heterocycles. The summed E-state index contributed by atoms with van der Waals surface area (Å²) >= 11 is 0. The van der Waals surface area contributed by atoms with E-state index in [2.05, 4.69) is 4.74 Å². The van der Waals surface area contributed by atoms with Gasteiger partial charge in [0.2, 0.25) is 0 Å². The Kier molecular flexibility index (Phi) is 1.89. The second-order valence-corrected chi connectivity index (χ2v) is 2.11. The van der Waals surface area contributed by atoms with Crippen LogP contribution in [-0.2, 0) is 9.53 Å². The molecule has 2 heteroatoms. The topological polar surface area (TPSA) is 26.3 Å². The number of hydrogen-bond acceptors (Lipinski definition) is 2. The zero-order valence-corrected chi connectivity index (χ0v) is 4.72. The van der Waals surface area contributed by atoms with Crippen molar-refractivity contribution < 1.29 is 9.53 Å². The molecule has 0 spiro atoms. The van der Waals surface area contributed by atoms with Crippen molar-refractivity contribution in [1.29, 1.82) is 0 Å². The standard InChI is InChI=1S/C6H9O2/c7-5-8-6-3-1-2-4-6/h6H,1-4H2. The maximum Gasteiger partial charge on any atom is 0.417 e. The lowest BCUT2D eigenvalue weighted by atomic mass is 10.3. The number of rotatable bonds is 2. The van der Waals surface area contributed by atoms with Gasteiger partial charge < -0.3 is 4.74 Å². The van der Waals surface area contributed by atoms with Gasteiger partial charge in [0.05, 0.1) is 0 Å². The first kappa shape index (κ1) is 5.60. The number of ether oxygens (including phenoxy) is 1. The Morgan fingerprint density at radius 2 is 2.00 bits per heavy atom. The summed E-state index contributed by atoms with van der Waals surface area (Å²) in [4.78, 5) is 9.61. The van der Waals surface area contributed by atoms with Crippen LogP contribution in [0.4, 0.5) is 0 Å². The van der Waals surface area contributed by atoms with Crippen LogP contribution in [0.15, 0.2) is 0 Å². The summed E-state index contributed by atoms with van der Waals surface area (Å²) in [6.07, 6.45) is 4.66. The van der Waals surface area contributed by atoms with Crippen LogP contribution in [0, 0.1) is 0 Å². The van der Waals surface area contributed by atoms with E-state index in [1.54, 1.807) is 0 Å². The summed E-state index contributed by atoms with van der Waals surface area (Å²) in [5, 5.41) is 0. The predicted molar refractivity (Wildman–Crippen MR) is 29.0 cm³/mol. The number of hydrogen-bond donors (Lipinski definition) is 0. The fourth-order valence-corrected chi connectivity index (χ4v) is 1.07. The Morgan fingerprint density at radius 1 is 1.38 bits per heavy atom. The zero-order chi connectivity index (χ0) is 5.82. The first-order valence-electron chi connectivity index (χ1n) is 2.96. The molecular formula is C6H9O2. The lowest BCUT2D eigenvalue weighted by Crippen LogP contribution is -2.04. The van der Waals surface area contributed by atoms with Crippen molar-refractivity contribution in [3.8, 4) is 0 Å². The molecular weight excluding hydrogens is 104 g/mol. The van der Waals surface area contributed by atoms with Gasteiger partial charge in [0.25, 0.3) is 0 Å². The van der Waals surface area contributed by atoms with E-state index < -0.39 is 0 Å². The van der Waals surface area contributed by atoms with Crippen molar-refractivity contribution >= 4 is 6.47 Å². The Bertz CT molecular complexity index is 74.6. The minimum absolute atomic E-state index is 0.187. The van der Waals surface area contributed by atoms with Gasteiger partial charge in [-0.3, -0.25) is 0 Å². The van der Waals surface area contributed by atoms with Crippen LogP contribution in [-0.4, -0.2) is 12.6 Å². The Balaban J connectivity index is 2.14. The summed E-state index contributed by atoms with van der Waals surface area (Å²) in [7, 11) is 0. The first-order chi connectivity index (χ1) is 3.93. The van der Waals surface area contributed by atoms with Gasteiger partial charge in [0, 0.05) is 0 Å². The Labute approximate surface area is 48.8 Å². The van der Waals surface area contributed by atoms with Crippen molar-refractivity contribution in [2.45, 2.75) is 31.8 Å². The van der Waals surface area contributed by atoms with Crippen molar-refractivity contribution in [3.05, 3.63) is 0 Å². The zero-order valence-electron chi connectivity index (χ0n) is 4.72. The maximum atomic E-state index is 9.61. The molecule has 0 amide bonds. The van der Waals surface area contributed by atoms with E-state index >= 15 is 0 Å². The predicted octanol–water partition coefficient (Wildman–Crippen LogP) is 1.01. The van der Waals surface area contributed by atoms with Gasteiger partial charge >= 0.3 is 6.47 Å². The van der Waals surface area contributed by atoms with Crippen LogP contribution in [0.25, 0.3) is 0 Å². The van der Waals surface area contributed by atoms with Crippen LogP contribution in [0.1, 0.15) is 25.7 Å². The normalized spacial score (nSPS) is 21.0. The monoisotopic (exact) mass is 113 g/mol. The second-order valence-electron chi connectivity index (χ2n) is 2.11. The summed E-state index contributed by atoms with van der Waals surface area (Å²) in [6, 6.07) is 0. The molecule has 0 saturated heterocycles. The molecule has 2 nitrogen and oxygen atoms in total. The van der Waals surface area contributed by atoms with E-state index in [1.807, 2.05) is 0 Å². The molecule has 8 heavy (non-hydrogen) atoms. The molecule has 0 aromatic heterocycles. The fraction of sp³-hybridized carbons (Fsp3) is 0.833. The molecule has 0 unspecified atom stereocenters. The summed E-state index contributed by atoms with van der Waals surface area (Å²) < 4.78 is 4.60. The van der Waals surface area contributed by atoms with Crippen LogP contribution in [0.3, 0.4) is 0 Å². The molecule has 0 atom stereocenters. The highest BCUT2D eigenvalue weighted by Gasteiger charge is 2.14. The quantitative estimate of drug-likeness (QED) is 0.534. The minimum atomic E-state index is 0.187. The average Bonchev–Trinajstić information content (AvgIpc) is 2.19. The van der Waals surface area contributed by atoms with Crippen LogP contribution >= 0.6 is 0 Å². The van der Waals surface area contributed by atoms with E-state index in [9.17, 15) is 4.79 Å². The Hall–Kier alpha value is -0.530. The molecule has 0 N–H and O–H groups in total. The SMILES string of the molecule is O=[C]OC1CCCC1. The van der Waals surface area contributed by atoms with Gasteiger partial charge in [-0.2, -0.15) is 0 Å². The molecule has 1 fully saturated rings. The molecule has 45 valence electrons. The molecule has 1 saturated carbocycles. The molecule has 0 bridgehead atoms. The van der Waals surface area contributed by atoms with Crippen molar-refractivity contribution in [1.82, 2.24) is 0 Å². The summed E-state index contributed by atoms with van der Waals surface area (Å²) in [6.45, 7) is 1.46. The smallest absolute Gasteiger partial charge is 0.417 e. The van der Waals surface area contributed by atoms with Crippen molar-refractivity contribution in [3.63, 3.8) is 0 Å². The Morgan fingerprint density at radius 3 is 2.50 bits per heavy atom. The lowest BCUT2D eigenvalue weighted by Gasteiger charge is -2.01. The van der Waals surface area contributed by atoms with E-state index in [-0.39, 0.29) is 6.10 Å². The second kappa shape index (κ2) is 2.70. The minimum Gasteiger partial charge on any atom is -0.454 e. The van der Waals surface area contributed by atoms with Crippen molar-refractivity contribution in [2.24, 2.45) is 0 Å². The van der Waals surface area contributed by atoms with Crippen molar-refractivity contribution in [2.75, 3.05) is 0 Å². The average molecular weight is 113 g/mol. The molecule has 1 radical (unpaired) electrons. The van der Waals surface area contributed by atoms with E-state index in [1.165, 1.54) is 19.3 Å². The third-order valence-electron chi connectivity index (χ3n) is 1.52. The molecule has 1 aliphatic carbocycles. The lowest BCUT2D eigenvalue weighted by molar-refractivity contribution is 0.183. The van der Waals surface area contributed by atoms with Crippen LogP contribution in [0.5, 0.6) is 0 Å². The molecule has 1 rings (SSSR count). The molecule has 1 aliphatic rings. The van der Waals surface area contributed by atoms with E-state index in [4.69, 9.17) is 0 Å². The fourth-order valence-electron chi connectivity index (χ4n) is 1.07. The van der Waals surface area contributed by atoms with Gasteiger partial charge in [-0.15, -0.1) is 0 Å².